The number of rotatable bonds is 3. The molecule has 0 radical (unpaired) electrons. The van der Waals surface area contributed by atoms with Crippen LogP contribution in [0.25, 0.3) is 22.4 Å². The lowest BCUT2D eigenvalue weighted by Crippen LogP contribution is -2.12. The van der Waals surface area contributed by atoms with Crippen molar-refractivity contribution in [3.05, 3.63) is 53.6 Å². The summed E-state index contributed by atoms with van der Waals surface area (Å²) in [6, 6.07) is 15.6. The molecule has 0 aliphatic carbocycles. The van der Waals surface area contributed by atoms with Crippen molar-refractivity contribution in [1.82, 2.24) is 9.55 Å². The number of hydrogen-bond donors (Lipinski definition) is 1. The van der Waals surface area contributed by atoms with Gasteiger partial charge in [0, 0.05) is 10.6 Å². The first-order valence-corrected chi connectivity index (χ1v) is 6.92. The normalized spacial score (nSPS) is 12.8. The third-order valence-corrected chi connectivity index (χ3v) is 3.42. The van der Waals surface area contributed by atoms with Crippen LogP contribution in [0.3, 0.4) is 0 Å². The molecule has 0 spiro atoms. The van der Waals surface area contributed by atoms with Gasteiger partial charge < -0.3 is 9.67 Å². The van der Waals surface area contributed by atoms with Crippen LogP contribution in [0.1, 0.15) is 6.92 Å². The van der Waals surface area contributed by atoms with Crippen LogP contribution < -0.4 is 0 Å². The summed E-state index contributed by atoms with van der Waals surface area (Å²) in [6.45, 7) is 2.26. The molecule has 1 unspecified atom stereocenters. The Kier molecular flexibility index (Phi) is 3.47. The van der Waals surface area contributed by atoms with Crippen LogP contribution >= 0.6 is 11.6 Å². The maximum absolute atomic E-state index is 9.74. The van der Waals surface area contributed by atoms with E-state index in [1.807, 2.05) is 53.1 Å². The summed E-state index contributed by atoms with van der Waals surface area (Å²) in [6.07, 6.45) is -0.450. The van der Waals surface area contributed by atoms with E-state index in [1.165, 1.54) is 0 Å². The molecule has 0 fully saturated rings. The van der Waals surface area contributed by atoms with Crippen LogP contribution in [-0.2, 0) is 6.54 Å². The minimum absolute atomic E-state index is 0.450. The maximum Gasteiger partial charge on any atom is 0.141 e. The maximum atomic E-state index is 9.74. The molecule has 0 bridgehead atoms. The van der Waals surface area contributed by atoms with Gasteiger partial charge in [0.25, 0.3) is 0 Å². The summed E-state index contributed by atoms with van der Waals surface area (Å²) in [5.41, 5.74) is 2.85. The number of aliphatic hydroxyl groups is 1. The van der Waals surface area contributed by atoms with E-state index in [0.29, 0.717) is 11.6 Å². The molecule has 1 aromatic heterocycles. The van der Waals surface area contributed by atoms with Crippen LogP contribution in [0.5, 0.6) is 0 Å². The van der Waals surface area contributed by atoms with E-state index >= 15 is 0 Å². The molecule has 0 saturated carbocycles. The quantitative estimate of drug-likeness (QED) is 0.796. The molecule has 4 heteroatoms. The van der Waals surface area contributed by atoms with Gasteiger partial charge in [-0.1, -0.05) is 41.9 Å². The van der Waals surface area contributed by atoms with Crippen molar-refractivity contribution in [3.8, 4) is 11.4 Å². The van der Waals surface area contributed by atoms with Gasteiger partial charge in [0.1, 0.15) is 5.82 Å². The van der Waals surface area contributed by atoms with Gasteiger partial charge in [-0.25, -0.2) is 4.98 Å². The lowest BCUT2D eigenvalue weighted by atomic mass is 10.2. The van der Waals surface area contributed by atoms with Gasteiger partial charge in [-0.05, 0) is 25.1 Å². The second-order valence-corrected chi connectivity index (χ2v) is 5.33. The van der Waals surface area contributed by atoms with E-state index in [4.69, 9.17) is 11.6 Å². The van der Waals surface area contributed by atoms with E-state index in [0.717, 1.165) is 22.4 Å². The molecule has 1 heterocycles. The molecular weight excluding hydrogens is 272 g/mol. The van der Waals surface area contributed by atoms with Crippen LogP contribution in [-0.4, -0.2) is 20.8 Å². The van der Waals surface area contributed by atoms with E-state index in [1.54, 1.807) is 6.92 Å². The van der Waals surface area contributed by atoms with E-state index in [-0.39, 0.29) is 0 Å². The third kappa shape index (κ3) is 2.42. The second-order valence-electron chi connectivity index (χ2n) is 4.89. The zero-order valence-corrected chi connectivity index (χ0v) is 11.9. The number of imidazole rings is 1. The summed E-state index contributed by atoms with van der Waals surface area (Å²) in [5, 5.41) is 10.4. The first-order valence-electron chi connectivity index (χ1n) is 6.54. The number of nitrogens with zero attached hydrogens (tertiary/aromatic N) is 2. The Morgan fingerprint density at radius 2 is 1.95 bits per heavy atom. The van der Waals surface area contributed by atoms with E-state index in [2.05, 4.69) is 4.98 Å². The summed E-state index contributed by atoms with van der Waals surface area (Å²) < 4.78 is 2.02. The van der Waals surface area contributed by atoms with Gasteiger partial charge in [-0.3, -0.25) is 0 Å². The molecule has 0 saturated heterocycles. The summed E-state index contributed by atoms with van der Waals surface area (Å²) >= 11 is 6.08. The summed E-state index contributed by atoms with van der Waals surface area (Å²) in [4.78, 5) is 4.67. The van der Waals surface area contributed by atoms with Crippen molar-refractivity contribution in [2.75, 3.05) is 0 Å². The topological polar surface area (TPSA) is 38.0 Å². The predicted octanol–water partition coefficient (Wildman–Crippen LogP) is 3.74. The molecule has 0 aliphatic heterocycles. The predicted molar refractivity (Wildman–Crippen MR) is 81.9 cm³/mol. The van der Waals surface area contributed by atoms with Gasteiger partial charge in [0.2, 0.25) is 0 Å². The monoisotopic (exact) mass is 286 g/mol. The van der Waals surface area contributed by atoms with Crippen molar-refractivity contribution < 1.29 is 5.11 Å². The first kappa shape index (κ1) is 13.2. The van der Waals surface area contributed by atoms with Crippen molar-refractivity contribution in [2.24, 2.45) is 0 Å². The molecule has 2 aromatic carbocycles. The van der Waals surface area contributed by atoms with Crippen molar-refractivity contribution in [1.29, 1.82) is 0 Å². The highest BCUT2D eigenvalue weighted by atomic mass is 35.5. The number of aliphatic hydroxyl groups excluding tert-OH is 1. The lowest BCUT2D eigenvalue weighted by molar-refractivity contribution is 0.175. The number of aromatic nitrogens is 2. The molecule has 102 valence electrons. The van der Waals surface area contributed by atoms with Crippen LogP contribution in [0, 0.1) is 0 Å². The Balaban J connectivity index is 2.25. The smallest absolute Gasteiger partial charge is 0.141 e. The number of fused-ring (bicyclic) bond motifs is 1. The average Bonchev–Trinajstić information content (AvgIpc) is 2.77. The third-order valence-electron chi connectivity index (χ3n) is 3.19. The molecule has 0 aliphatic rings. The van der Waals surface area contributed by atoms with Crippen molar-refractivity contribution in [3.63, 3.8) is 0 Å². The fraction of sp³-hybridized carbons (Fsp3) is 0.188. The molecule has 1 atom stereocenters. The minimum atomic E-state index is -0.450. The highest BCUT2D eigenvalue weighted by Crippen LogP contribution is 2.27. The fourth-order valence-electron chi connectivity index (χ4n) is 2.35. The van der Waals surface area contributed by atoms with E-state index < -0.39 is 6.10 Å². The van der Waals surface area contributed by atoms with Crippen LogP contribution in [0.15, 0.2) is 48.5 Å². The number of hydrogen-bond acceptors (Lipinski definition) is 2. The highest BCUT2D eigenvalue weighted by Gasteiger charge is 2.14. The standard InChI is InChI=1S/C16H15ClN2O/c1-11(20)10-19-15-9-13(17)7-8-14(15)18-16(19)12-5-3-2-4-6-12/h2-9,11,20H,10H2,1H3. The summed E-state index contributed by atoms with van der Waals surface area (Å²) in [5.74, 6) is 0.851. The second kappa shape index (κ2) is 5.27. The Morgan fingerprint density at radius 3 is 2.65 bits per heavy atom. The Morgan fingerprint density at radius 1 is 1.20 bits per heavy atom. The van der Waals surface area contributed by atoms with Crippen LogP contribution in [0.4, 0.5) is 0 Å². The Hall–Kier alpha value is -1.84. The fourth-order valence-corrected chi connectivity index (χ4v) is 2.52. The molecule has 1 N–H and O–H groups in total. The van der Waals surface area contributed by atoms with Crippen molar-refractivity contribution >= 4 is 22.6 Å². The van der Waals surface area contributed by atoms with Gasteiger partial charge in [0.05, 0.1) is 23.7 Å². The molecule has 20 heavy (non-hydrogen) atoms. The Labute approximate surface area is 122 Å². The molecule has 3 nitrogen and oxygen atoms in total. The van der Waals surface area contributed by atoms with Crippen molar-refractivity contribution in [2.45, 2.75) is 19.6 Å². The average molecular weight is 287 g/mol. The van der Waals surface area contributed by atoms with Gasteiger partial charge >= 0.3 is 0 Å². The number of benzene rings is 2. The first-order chi connectivity index (χ1) is 9.65. The molecule has 3 rings (SSSR count). The van der Waals surface area contributed by atoms with E-state index in [9.17, 15) is 5.11 Å². The molecule has 3 aromatic rings. The van der Waals surface area contributed by atoms with Gasteiger partial charge in [-0.2, -0.15) is 0 Å². The largest absolute Gasteiger partial charge is 0.392 e. The number of halogens is 1. The molecule has 0 amide bonds. The zero-order valence-electron chi connectivity index (χ0n) is 11.1. The SMILES string of the molecule is CC(O)Cn1c(-c2ccccc2)nc2ccc(Cl)cc21. The highest BCUT2D eigenvalue weighted by molar-refractivity contribution is 6.31. The lowest BCUT2D eigenvalue weighted by Gasteiger charge is -2.11. The van der Waals surface area contributed by atoms with Gasteiger partial charge in [-0.15, -0.1) is 0 Å². The summed E-state index contributed by atoms with van der Waals surface area (Å²) in [7, 11) is 0. The molecular formula is C16H15ClN2O. The Bertz CT molecular complexity index is 735. The van der Waals surface area contributed by atoms with Crippen LogP contribution in [0.2, 0.25) is 5.02 Å². The van der Waals surface area contributed by atoms with Gasteiger partial charge in [0.15, 0.2) is 0 Å². The minimum Gasteiger partial charge on any atom is -0.392 e. The zero-order chi connectivity index (χ0) is 14.1.